The second kappa shape index (κ2) is 4.30. The molecule has 1 aromatic carbocycles. The third kappa shape index (κ3) is 1.78. The molecule has 0 aliphatic rings. The Bertz CT molecular complexity index is 436. The highest BCUT2D eigenvalue weighted by Crippen LogP contribution is 2.35. The van der Waals surface area contributed by atoms with Gasteiger partial charge in [-0.25, -0.2) is 0 Å². The van der Waals surface area contributed by atoms with Crippen LogP contribution in [-0.2, 0) is 6.42 Å². The van der Waals surface area contributed by atoms with E-state index in [-0.39, 0.29) is 0 Å². The van der Waals surface area contributed by atoms with Crippen LogP contribution in [0.3, 0.4) is 0 Å². The summed E-state index contributed by atoms with van der Waals surface area (Å²) in [6.07, 6.45) is 1.01. The molecular weight excluding hydrogens is 214 g/mol. The van der Waals surface area contributed by atoms with E-state index in [4.69, 9.17) is 11.6 Å². The van der Waals surface area contributed by atoms with Crippen LogP contribution >= 0.6 is 22.9 Å². The van der Waals surface area contributed by atoms with Crippen LogP contribution in [0.2, 0.25) is 5.02 Å². The van der Waals surface area contributed by atoms with E-state index in [2.05, 4.69) is 23.5 Å². The monoisotopic (exact) mass is 225 g/mol. The van der Waals surface area contributed by atoms with E-state index in [1.54, 1.807) is 11.3 Å². The van der Waals surface area contributed by atoms with Gasteiger partial charge in [0.15, 0.2) is 0 Å². The second-order valence-electron chi connectivity index (χ2n) is 3.19. The molecule has 1 aromatic heterocycles. The number of halogens is 1. The van der Waals surface area contributed by atoms with Crippen molar-refractivity contribution in [2.45, 2.75) is 6.42 Å². The van der Waals surface area contributed by atoms with Crippen LogP contribution in [0.4, 0.5) is 0 Å². The number of nitrogens with one attached hydrogen (secondary N) is 1. The molecule has 0 amide bonds. The molecule has 2 aromatic rings. The lowest BCUT2D eigenvalue weighted by atomic mass is 10.2. The Hall–Kier alpha value is -0.570. The fourth-order valence-corrected chi connectivity index (χ4v) is 2.99. The van der Waals surface area contributed by atoms with E-state index in [0.717, 1.165) is 18.0 Å². The first kappa shape index (κ1) is 9.97. The van der Waals surface area contributed by atoms with Gasteiger partial charge < -0.3 is 5.32 Å². The third-order valence-corrected chi connectivity index (χ3v) is 3.98. The van der Waals surface area contributed by atoms with Gasteiger partial charge in [-0.2, -0.15) is 0 Å². The van der Waals surface area contributed by atoms with Gasteiger partial charge >= 0.3 is 0 Å². The molecule has 0 bridgehead atoms. The highest BCUT2D eigenvalue weighted by molar-refractivity contribution is 7.19. The fraction of sp³-hybridized carbons (Fsp3) is 0.273. The Morgan fingerprint density at radius 3 is 2.86 bits per heavy atom. The summed E-state index contributed by atoms with van der Waals surface area (Å²) in [5.41, 5.74) is 0. The molecule has 1 nitrogen and oxygen atoms in total. The SMILES string of the molecule is CNCCc1sc2ccccc2c1Cl. The fourth-order valence-electron chi connectivity index (χ4n) is 1.46. The molecule has 14 heavy (non-hydrogen) atoms. The van der Waals surface area contributed by atoms with Gasteiger partial charge in [0.25, 0.3) is 0 Å². The van der Waals surface area contributed by atoms with E-state index in [0.29, 0.717) is 0 Å². The molecule has 74 valence electrons. The van der Waals surface area contributed by atoms with Crippen LogP contribution in [0.1, 0.15) is 4.88 Å². The smallest absolute Gasteiger partial charge is 0.0624 e. The Balaban J connectivity index is 2.41. The number of hydrogen-bond acceptors (Lipinski definition) is 2. The number of thiophene rings is 1. The van der Waals surface area contributed by atoms with Gasteiger partial charge in [-0.1, -0.05) is 29.8 Å². The highest BCUT2D eigenvalue weighted by atomic mass is 35.5. The Labute approximate surface area is 92.7 Å². The van der Waals surface area contributed by atoms with Gasteiger partial charge in [0, 0.05) is 15.0 Å². The van der Waals surface area contributed by atoms with Gasteiger partial charge in [-0.05, 0) is 26.1 Å². The van der Waals surface area contributed by atoms with Gasteiger partial charge in [0.2, 0.25) is 0 Å². The summed E-state index contributed by atoms with van der Waals surface area (Å²) in [6, 6.07) is 8.28. The second-order valence-corrected chi connectivity index (χ2v) is 4.70. The molecule has 0 radical (unpaired) electrons. The van der Waals surface area contributed by atoms with Crippen LogP contribution < -0.4 is 5.32 Å². The molecule has 0 unspecified atom stereocenters. The minimum atomic E-state index is 0.931. The Morgan fingerprint density at radius 2 is 2.14 bits per heavy atom. The summed E-state index contributed by atoms with van der Waals surface area (Å²) in [6.45, 7) is 0.979. The molecular formula is C11H12ClNS. The summed E-state index contributed by atoms with van der Waals surface area (Å²) in [7, 11) is 1.96. The van der Waals surface area contributed by atoms with Crippen molar-refractivity contribution in [2.75, 3.05) is 13.6 Å². The van der Waals surface area contributed by atoms with Crippen molar-refractivity contribution in [1.82, 2.24) is 5.32 Å². The minimum Gasteiger partial charge on any atom is -0.319 e. The van der Waals surface area contributed by atoms with Crippen molar-refractivity contribution < 1.29 is 0 Å². The lowest BCUT2D eigenvalue weighted by Crippen LogP contribution is -2.09. The van der Waals surface area contributed by atoms with Crippen LogP contribution in [0, 0.1) is 0 Å². The van der Waals surface area contributed by atoms with Crippen molar-refractivity contribution in [3.63, 3.8) is 0 Å². The predicted octanol–water partition coefficient (Wildman–Crippen LogP) is 3.32. The first-order valence-electron chi connectivity index (χ1n) is 4.63. The molecule has 0 aliphatic heterocycles. The van der Waals surface area contributed by atoms with E-state index in [1.165, 1.54) is 15.0 Å². The number of hydrogen-bond donors (Lipinski definition) is 1. The summed E-state index contributed by atoms with van der Waals surface area (Å²) < 4.78 is 1.28. The first-order valence-corrected chi connectivity index (χ1v) is 5.83. The summed E-state index contributed by atoms with van der Waals surface area (Å²) in [5, 5.41) is 5.25. The largest absolute Gasteiger partial charge is 0.319 e. The normalized spacial score (nSPS) is 11.0. The number of rotatable bonds is 3. The van der Waals surface area contributed by atoms with E-state index in [9.17, 15) is 0 Å². The molecule has 2 rings (SSSR count). The molecule has 0 spiro atoms. The van der Waals surface area contributed by atoms with Gasteiger partial charge in [-0.3, -0.25) is 0 Å². The van der Waals surface area contributed by atoms with Crippen LogP contribution in [0.15, 0.2) is 24.3 Å². The zero-order chi connectivity index (χ0) is 9.97. The number of benzene rings is 1. The lowest BCUT2D eigenvalue weighted by molar-refractivity contribution is 0.799. The van der Waals surface area contributed by atoms with Gasteiger partial charge in [0.1, 0.15) is 0 Å². The molecule has 0 atom stereocenters. The predicted molar refractivity (Wildman–Crippen MR) is 64.5 cm³/mol. The van der Waals surface area contributed by atoms with Crippen molar-refractivity contribution in [3.05, 3.63) is 34.2 Å². The van der Waals surface area contributed by atoms with Gasteiger partial charge in [-0.15, -0.1) is 11.3 Å². The van der Waals surface area contributed by atoms with Crippen molar-refractivity contribution in [2.24, 2.45) is 0 Å². The molecule has 0 fully saturated rings. The standard InChI is InChI=1S/C11H12ClNS/c1-13-7-6-10-11(12)8-4-2-3-5-9(8)14-10/h2-5,13H,6-7H2,1H3. The van der Waals surface area contributed by atoms with E-state index >= 15 is 0 Å². The lowest BCUT2D eigenvalue weighted by Gasteiger charge is -1.96. The average Bonchev–Trinajstić information content (AvgIpc) is 2.54. The molecule has 1 heterocycles. The third-order valence-electron chi connectivity index (χ3n) is 2.20. The number of likely N-dealkylation sites (N-methyl/N-ethyl adjacent to an activating group) is 1. The minimum absolute atomic E-state index is 0.931. The quantitative estimate of drug-likeness (QED) is 0.845. The maximum absolute atomic E-state index is 6.28. The number of fused-ring (bicyclic) bond motifs is 1. The zero-order valence-corrected chi connectivity index (χ0v) is 9.58. The average molecular weight is 226 g/mol. The topological polar surface area (TPSA) is 12.0 Å². The molecule has 0 aliphatic carbocycles. The van der Waals surface area contributed by atoms with Crippen molar-refractivity contribution in [3.8, 4) is 0 Å². The molecule has 3 heteroatoms. The molecule has 1 N–H and O–H groups in total. The molecule has 0 saturated heterocycles. The van der Waals surface area contributed by atoms with Crippen LogP contribution in [0.5, 0.6) is 0 Å². The van der Waals surface area contributed by atoms with E-state index < -0.39 is 0 Å². The first-order chi connectivity index (χ1) is 6.83. The summed E-state index contributed by atoms with van der Waals surface area (Å²) in [4.78, 5) is 1.28. The summed E-state index contributed by atoms with van der Waals surface area (Å²) in [5.74, 6) is 0. The Morgan fingerprint density at radius 1 is 1.36 bits per heavy atom. The van der Waals surface area contributed by atoms with Crippen LogP contribution in [-0.4, -0.2) is 13.6 Å². The molecule has 0 saturated carbocycles. The zero-order valence-electron chi connectivity index (χ0n) is 8.01. The van der Waals surface area contributed by atoms with Crippen LogP contribution in [0.25, 0.3) is 10.1 Å². The highest BCUT2D eigenvalue weighted by Gasteiger charge is 2.08. The summed E-state index contributed by atoms with van der Waals surface area (Å²) >= 11 is 8.07. The van der Waals surface area contributed by atoms with E-state index in [1.807, 2.05) is 13.1 Å². The van der Waals surface area contributed by atoms with Gasteiger partial charge in [0.05, 0.1) is 5.02 Å². The Kier molecular flexibility index (Phi) is 3.06. The maximum atomic E-state index is 6.28. The van der Waals surface area contributed by atoms with Crippen molar-refractivity contribution >= 4 is 33.0 Å². The van der Waals surface area contributed by atoms with Crippen molar-refractivity contribution in [1.29, 1.82) is 0 Å². The maximum Gasteiger partial charge on any atom is 0.0624 e.